The number of nitrogens with one attached hydrogen (secondary N) is 1. The Bertz CT molecular complexity index is 1080. The fourth-order valence-corrected chi connectivity index (χ4v) is 5.49. The van der Waals surface area contributed by atoms with Gasteiger partial charge >= 0.3 is 0 Å². The van der Waals surface area contributed by atoms with Gasteiger partial charge < -0.3 is 4.74 Å². The minimum Gasteiger partial charge on any atom is -0.495 e. The number of aryl methyl sites for hydroxylation is 1. The fourth-order valence-electron chi connectivity index (χ4n) is 3.02. The number of anilines is 2. The van der Waals surface area contributed by atoms with Gasteiger partial charge in [0.05, 0.1) is 24.7 Å². The van der Waals surface area contributed by atoms with Crippen LogP contribution in [0.25, 0.3) is 0 Å². The number of halogens is 1. The van der Waals surface area contributed by atoms with Gasteiger partial charge in [-0.25, -0.2) is 16.8 Å². The van der Waals surface area contributed by atoms with Crippen molar-refractivity contribution in [3.05, 3.63) is 47.0 Å². The molecular weight excluding hydrogens is 412 g/mol. The van der Waals surface area contributed by atoms with Crippen LogP contribution < -0.4 is 13.8 Å². The molecule has 0 unspecified atom stereocenters. The van der Waals surface area contributed by atoms with Crippen molar-refractivity contribution in [2.24, 2.45) is 0 Å². The Morgan fingerprint density at radius 2 is 1.85 bits per heavy atom. The molecule has 1 heterocycles. The molecule has 2 aromatic rings. The van der Waals surface area contributed by atoms with E-state index in [2.05, 4.69) is 4.72 Å². The van der Waals surface area contributed by atoms with Crippen LogP contribution in [0, 0.1) is 0 Å². The Kier molecular flexibility index (Phi) is 5.29. The zero-order chi connectivity index (χ0) is 19.8. The van der Waals surface area contributed by atoms with Crippen molar-refractivity contribution in [3.63, 3.8) is 0 Å². The minimum absolute atomic E-state index is 0.102. The van der Waals surface area contributed by atoms with E-state index in [1.54, 1.807) is 12.1 Å². The smallest absolute Gasteiger partial charge is 0.265 e. The zero-order valence-electron chi connectivity index (χ0n) is 14.8. The second kappa shape index (κ2) is 7.21. The summed E-state index contributed by atoms with van der Waals surface area (Å²) in [6.07, 6.45) is 2.58. The predicted octanol–water partition coefficient (Wildman–Crippen LogP) is 2.86. The van der Waals surface area contributed by atoms with Crippen LogP contribution in [0.3, 0.4) is 0 Å². The lowest BCUT2D eigenvalue weighted by atomic mass is 10.0. The number of benzene rings is 2. The Labute approximate surface area is 164 Å². The van der Waals surface area contributed by atoms with E-state index in [9.17, 15) is 16.8 Å². The average Bonchev–Trinajstić information content (AvgIpc) is 2.60. The molecule has 146 valence electrons. The first kappa shape index (κ1) is 19.8. The summed E-state index contributed by atoms with van der Waals surface area (Å²) in [6, 6.07) is 9.17. The number of methoxy groups -OCH3 is 1. The van der Waals surface area contributed by atoms with Gasteiger partial charge in [0.1, 0.15) is 10.6 Å². The molecule has 0 fully saturated rings. The van der Waals surface area contributed by atoms with Crippen LogP contribution in [0.5, 0.6) is 5.75 Å². The quantitative estimate of drug-likeness (QED) is 0.787. The lowest BCUT2D eigenvalue weighted by molar-refractivity contribution is 0.403. The molecule has 0 atom stereocenters. The zero-order valence-corrected chi connectivity index (χ0v) is 17.2. The van der Waals surface area contributed by atoms with Gasteiger partial charge in [-0.2, -0.15) is 0 Å². The van der Waals surface area contributed by atoms with E-state index in [0.717, 1.165) is 18.2 Å². The summed E-state index contributed by atoms with van der Waals surface area (Å²) in [5.74, 6) is 0.155. The van der Waals surface area contributed by atoms with Gasteiger partial charge in [0.15, 0.2) is 0 Å². The first-order valence-electron chi connectivity index (χ1n) is 8.09. The highest BCUT2D eigenvalue weighted by molar-refractivity contribution is 7.93. The molecule has 0 saturated carbocycles. The van der Waals surface area contributed by atoms with E-state index in [1.165, 1.54) is 35.7 Å². The second-order valence-corrected chi connectivity index (χ2v) is 10.2. The summed E-state index contributed by atoms with van der Waals surface area (Å²) in [5, 5.41) is 0.255. The first-order valence-corrected chi connectivity index (χ1v) is 11.8. The molecule has 2 aromatic carbocycles. The molecule has 1 aliphatic heterocycles. The Balaban J connectivity index is 2.01. The van der Waals surface area contributed by atoms with E-state index < -0.39 is 20.0 Å². The van der Waals surface area contributed by atoms with Gasteiger partial charge in [-0.15, -0.1) is 0 Å². The summed E-state index contributed by atoms with van der Waals surface area (Å²) in [7, 11) is -6.07. The fraction of sp³-hybridized carbons (Fsp3) is 0.294. The Hall–Kier alpha value is -1.97. The number of ether oxygens (including phenoxy) is 1. The number of rotatable bonds is 5. The number of sulfonamides is 2. The molecule has 0 aromatic heterocycles. The van der Waals surface area contributed by atoms with Crippen molar-refractivity contribution in [1.82, 2.24) is 0 Å². The van der Waals surface area contributed by atoms with Crippen LogP contribution in [-0.2, 0) is 26.5 Å². The van der Waals surface area contributed by atoms with E-state index in [4.69, 9.17) is 16.3 Å². The minimum atomic E-state index is -3.99. The maximum absolute atomic E-state index is 12.8. The van der Waals surface area contributed by atoms with Crippen LogP contribution in [-0.4, -0.2) is 36.7 Å². The van der Waals surface area contributed by atoms with E-state index in [0.29, 0.717) is 18.7 Å². The third kappa shape index (κ3) is 4.15. The topological polar surface area (TPSA) is 92.8 Å². The molecule has 0 saturated heterocycles. The predicted molar refractivity (Wildman–Crippen MR) is 106 cm³/mol. The summed E-state index contributed by atoms with van der Waals surface area (Å²) in [5.41, 5.74) is 1.60. The van der Waals surface area contributed by atoms with Crippen molar-refractivity contribution in [2.75, 3.05) is 28.9 Å². The molecule has 0 aliphatic carbocycles. The number of hydrogen-bond donors (Lipinski definition) is 1. The van der Waals surface area contributed by atoms with Gasteiger partial charge in [0.25, 0.3) is 10.0 Å². The summed E-state index contributed by atoms with van der Waals surface area (Å²) in [4.78, 5) is -0.102. The van der Waals surface area contributed by atoms with Crippen LogP contribution in [0.15, 0.2) is 41.3 Å². The maximum Gasteiger partial charge on any atom is 0.265 e. The molecule has 7 nitrogen and oxygen atoms in total. The first-order chi connectivity index (χ1) is 12.6. The van der Waals surface area contributed by atoms with E-state index >= 15 is 0 Å². The Morgan fingerprint density at radius 1 is 1.11 bits per heavy atom. The monoisotopic (exact) mass is 430 g/mol. The molecule has 0 spiro atoms. The highest BCUT2D eigenvalue weighted by Crippen LogP contribution is 2.33. The standard InChI is InChI=1S/C17H19ClN2O5S2/c1-25-16-8-6-13(18)10-17(16)27(23,24)19-14-7-5-12-4-3-9-20(15(12)11-14)26(2,21)22/h5-8,10-11,19H,3-4,9H2,1-2H3. The van der Waals surface area contributed by atoms with Crippen molar-refractivity contribution < 1.29 is 21.6 Å². The highest BCUT2D eigenvalue weighted by atomic mass is 35.5. The summed E-state index contributed by atoms with van der Waals surface area (Å²) < 4.78 is 58.6. The van der Waals surface area contributed by atoms with E-state index in [1.807, 2.05) is 0 Å². The molecule has 1 aliphatic rings. The molecule has 3 rings (SSSR count). The van der Waals surface area contributed by atoms with Gasteiger partial charge in [0, 0.05) is 11.6 Å². The molecule has 27 heavy (non-hydrogen) atoms. The second-order valence-electron chi connectivity index (χ2n) is 6.18. The van der Waals surface area contributed by atoms with Crippen molar-refractivity contribution >= 4 is 43.0 Å². The van der Waals surface area contributed by atoms with Crippen LogP contribution in [0.1, 0.15) is 12.0 Å². The van der Waals surface area contributed by atoms with E-state index in [-0.39, 0.29) is 21.4 Å². The third-order valence-corrected chi connectivity index (χ3v) is 7.05. The molecule has 0 radical (unpaired) electrons. The molecule has 1 N–H and O–H groups in total. The average molecular weight is 431 g/mol. The Morgan fingerprint density at radius 3 is 2.52 bits per heavy atom. The molecular formula is C17H19ClN2O5S2. The van der Waals surface area contributed by atoms with Crippen LogP contribution in [0.4, 0.5) is 11.4 Å². The van der Waals surface area contributed by atoms with Gasteiger partial charge in [-0.05, 0) is 48.7 Å². The number of fused-ring (bicyclic) bond motifs is 1. The van der Waals surface area contributed by atoms with Crippen LogP contribution >= 0.6 is 11.6 Å². The maximum atomic E-state index is 12.8. The number of hydrogen-bond acceptors (Lipinski definition) is 5. The normalized spacial score (nSPS) is 14.6. The van der Waals surface area contributed by atoms with Gasteiger partial charge in [-0.3, -0.25) is 9.03 Å². The molecule has 10 heteroatoms. The van der Waals surface area contributed by atoms with Gasteiger partial charge in [0.2, 0.25) is 10.0 Å². The largest absolute Gasteiger partial charge is 0.495 e. The summed E-state index contributed by atoms with van der Waals surface area (Å²) in [6.45, 7) is 0.365. The van der Waals surface area contributed by atoms with Crippen molar-refractivity contribution in [2.45, 2.75) is 17.7 Å². The lowest BCUT2D eigenvalue weighted by Crippen LogP contribution is -2.34. The highest BCUT2D eigenvalue weighted by Gasteiger charge is 2.26. The summed E-state index contributed by atoms with van der Waals surface area (Å²) >= 11 is 5.93. The molecule has 0 bridgehead atoms. The molecule has 0 amide bonds. The van der Waals surface area contributed by atoms with Crippen molar-refractivity contribution in [3.8, 4) is 5.75 Å². The third-order valence-electron chi connectivity index (χ3n) is 4.23. The SMILES string of the molecule is COc1ccc(Cl)cc1S(=O)(=O)Nc1ccc2c(c1)N(S(C)(=O)=O)CCC2. The lowest BCUT2D eigenvalue weighted by Gasteiger charge is -2.29. The van der Waals surface area contributed by atoms with Gasteiger partial charge in [-0.1, -0.05) is 17.7 Å². The van der Waals surface area contributed by atoms with Crippen molar-refractivity contribution in [1.29, 1.82) is 0 Å². The number of nitrogens with zero attached hydrogens (tertiary/aromatic N) is 1. The van der Waals surface area contributed by atoms with Crippen LogP contribution in [0.2, 0.25) is 5.02 Å².